The molecule has 0 aromatic heterocycles. The SMILES string of the molecule is COC(=O)C1(C(=O)OC)CC2=C(c3ccccc3)C(=O)C[C@@H]2[C@H]1C. The molecule has 2 atom stereocenters. The second-order valence-electron chi connectivity index (χ2n) is 6.42. The molecule has 0 N–H and O–H groups in total. The first kappa shape index (κ1) is 16.4. The molecule has 1 aromatic rings. The van der Waals surface area contributed by atoms with E-state index >= 15 is 0 Å². The molecule has 1 aromatic carbocycles. The van der Waals surface area contributed by atoms with Gasteiger partial charge in [-0.25, -0.2) is 0 Å². The van der Waals surface area contributed by atoms with Crippen LogP contribution in [0.4, 0.5) is 0 Å². The Hall–Kier alpha value is -2.43. The summed E-state index contributed by atoms with van der Waals surface area (Å²) in [5.41, 5.74) is 0.971. The van der Waals surface area contributed by atoms with E-state index in [1.165, 1.54) is 14.2 Å². The van der Waals surface area contributed by atoms with Gasteiger partial charge in [0, 0.05) is 12.0 Å². The van der Waals surface area contributed by atoms with Crippen molar-refractivity contribution in [3.05, 3.63) is 41.5 Å². The molecule has 0 amide bonds. The summed E-state index contributed by atoms with van der Waals surface area (Å²) in [4.78, 5) is 37.5. The Balaban J connectivity index is 2.15. The van der Waals surface area contributed by atoms with Crippen LogP contribution in [0.2, 0.25) is 0 Å². The van der Waals surface area contributed by atoms with Gasteiger partial charge >= 0.3 is 11.9 Å². The summed E-state index contributed by atoms with van der Waals surface area (Å²) in [6, 6.07) is 9.38. The lowest BCUT2D eigenvalue weighted by molar-refractivity contribution is -0.172. The number of methoxy groups -OCH3 is 2. The second-order valence-corrected chi connectivity index (χ2v) is 6.42. The first-order chi connectivity index (χ1) is 11.5. The number of ketones is 1. The smallest absolute Gasteiger partial charge is 0.323 e. The maximum Gasteiger partial charge on any atom is 0.323 e. The summed E-state index contributed by atoms with van der Waals surface area (Å²) in [6.45, 7) is 1.83. The zero-order valence-electron chi connectivity index (χ0n) is 14.0. The largest absolute Gasteiger partial charge is 0.468 e. The average Bonchev–Trinajstić information content (AvgIpc) is 3.07. The minimum absolute atomic E-state index is 0.0661. The Morgan fingerprint density at radius 1 is 1.08 bits per heavy atom. The Morgan fingerprint density at radius 2 is 1.67 bits per heavy atom. The molecule has 0 radical (unpaired) electrons. The molecule has 2 aliphatic carbocycles. The van der Waals surface area contributed by atoms with Crippen LogP contribution < -0.4 is 0 Å². The minimum atomic E-state index is -1.37. The molecule has 0 bridgehead atoms. The van der Waals surface area contributed by atoms with E-state index in [4.69, 9.17) is 9.47 Å². The van der Waals surface area contributed by atoms with Crippen LogP contribution in [-0.4, -0.2) is 31.9 Å². The molecule has 3 rings (SSSR count). The van der Waals surface area contributed by atoms with Gasteiger partial charge in [-0.15, -0.1) is 0 Å². The number of hydrogen-bond acceptors (Lipinski definition) is 5. The molecule has 1 saturated carbocycles. The van der Waals surface area contributed by atoms with E-state index in [9.17, 15) is 14.4 Å². The summed E-state index contributed by atoms with van der Waals surface area (Å²) < 4.78 is 9.83. The van der Waals surface area contributed by atoms with Crippen LogP contribution in [-0.2, 0) is 23.9 Å². The van der Waals surface area contributed by atoms with Crippen LogP contribution in [0, 0.1) is 17.3 Å². The van der Waals surface area contributed by atoms with E-state index < -0.39 is 17.4 Å². The fraction of sp³-hybridized carbons (Fsp3) is 0.421. The van der Waals surface area contributed by atoms with Crippen molar-refractivity contribution in [3.63, 3.8) is 0 Å². The second kappa shape index (κ2) is 5.89. The number of benzene rings is 1. The Labute approximate surface area is 140 Å². The van der Waals surface area contributed by atoms with Crippen LogP contribution in [0.1, 0.15) is 25.3 Å². The first-order valence-corrected chi connectivity index (χ1v) is 7.95. The number of ether oxygens (including phenoxy) is 2. The highest BCUT2D eigenvalue weighted by molar-refractivity contribution is 6.24. The maximum absolute atomic E-state index is 12.5. The third kappa shape index (κ3) is 2.11. The molecule has 0 heterocycles. The Kier molecular flexibility index (Phi) is 4.03. The van der Waals surface area contributed by atoms with Gasteiger partial charge in [-0.3, -0.25) is 14.4 Å². The molecular formula is C19H20O5. The monoisotopic (exact) mass is 328 g/mol. The van der Waals surface area contributed by atoms with E-state index in [-0.39, 0.29) is 24.0 Å². The average molecular weight is 328 g/mol. The van der Waals surface area contributed by atoms with Crippen LogP contribution in [0.3, 0.4) is 0 Å². The van der Waals surface area contributed by atoms with E-state index in [2.05, 4.69) is 0 Å². The predicted molar refractivity (Wildman–Crippen MR) is 86.7 cm³/mol. The number of fused-ring (bicyclic) bond motifs is 1. The van der Waals surface area contributed by atoms with Gasteiger partial charge in [0.25, 0.3) is 0 Å². The van der Waals surface area contributed by atoms with Crippen molar-refractivity contribution in [2.45, 2.75) is 19.8 Å². The molecule has 0 aliphatic heterocycles. The maximum atomic E-state index is 12.5. The van der Waals surface area contributed by atoms with E-state index in [0.29, 0.717) is 12.0 Å². The van der Waals surface area contributed by atoms with Gasteiger partial charge in [0.1, 0.15) is 0 Å². The molecular weight excluding hydrogens is 308 g/mol. The molecule has 0 spiro atoms. The summed E-state index contributed by atoms with van der Waals surface area (Å²) in [5, 5.41) is 0. The minimum Gasteiger partial charge on any atom is -0.468 e. The van der Waals surface area contributed by atoms with Gasteiger partial charge in [-0.2, -0.15) is 0 Å². The van der Waals surface area contributed by atoms with Crippen molar-refractivity contribution in [1.82, 2.24) is 0 Å². The lowest BCUT2D eigenvalue weighted by Gasteiger charge is -2.29. The summed E-state index contributed by atoms with van der Waals surface area (Å²) in [6.07, 6.45) is 0.491. The van der Waals surface area contributed by atoms with Crippen molar-refractivity contribution < 1.29 is 23.9 Å². The highest BCUT2D eigenvalue weighted by Crippen LogP contribution is 2.57. The summed E-state index contributed by atoms with van der Waals surface area (Å²) in [5.74, 6) is -1.60. The van der Waals surface area contributed by atoms with Gasteiger partial charge in [-0.1, -0.05) is 42.8 Å². The van der Waals surface area contributed by atoms with Gasteiger partial charge < -0.3 is 9.47 Å². The van der Waals surface area contributed by atoms with Crippen LogP contribution in [0.25, 0.3) is 5.57 Å². The number of rotatable bonds is 3. The number of carbonyl (C=O) groups is 3. The Morgan fingerprint density at radius 3 is 2.21 bits per heavy atom. The first-order valence-electron chi connectivity index (χ1n) is 7.95. The van der Waals surface area contributed by atoms with Crippen molar-refractivity contribution >= 4 is 23.3 Å². The van der Waals surface area contributed by atoms with Crippen LogP contribution in [0.5, 0.6) is 0 Å². The van der Waals surface area contributed by atoms with E-state index in [0.717, 1.165) is 11.1 Å². The fourth-order valence-electron chi connectivity index (χ4n) is 4.21. The molecule has 5 nitrogen and oxygen atoms in total. The molecule has 2 aliphatic rings. The van der Waals surface area contributed by atoms with Crippen molar-refractivity contribution in [2.75, 3.05) is 14.2 Å². The van der Waals surface area contributed by atoms with Gasteiger partial charge in [0.05, 0.1) is 14.2 Å². The molecule has 0 saturated heterocycles. The van der Waals surface area contributed by atoms with Crippen molar-refractivity contribution in [1.29, 1.82) is 0 Å². The lowest BCUT2D eigenvalue weighted by atomic mass is 9.75. The Bertz CT molecular complexity index is 715. The lowest BCUT2D eigenvalue weighted by Crippen LogP contribution is -2.44. The molecule has 126 valence electrons. The normalized spacial score (nSPS) is 24.7. The number of Topliss-reactive ketones (excluding diaryl/α,β-unsaturated/α-hetero) is 1. The predicted octanol–water partition coefficient (Wildman–Crippen LogP) is 2.40. The van der Waals surface area contributed by atoms with Gasteiger partial charge in [0.2, 0.25) is 0 Å². The molecule has 5 heteroatoms. The quantitative estimate of drug-likeness (QED) is 0.629. The highest BCUT2D eigenvalue weighted by Gasteiger charge is 2.62. The summed E-state index contributed by atoms with van der Waals surface area (Å²) >= 11 is 0. The third-order valence-electron chi connectivity index (χ3n) is 5.46. The number of esters is 2. The van der Waals surface area contributed by atoms with Crippen molar-refractivity contribution in [2.24, 2.45) is 17.3 Å². The highest BCUT2D eigenvalue weighted by atomic mass is 16.5. The van der Waals surface area contributed by atoms with Crippen molar-refractivity contribution in [3.8, 4) is 0 Å². The van der Waals surface area contributed by atoms with Gasteiger partial charge in [0.15, 0.2) is 11.2 Å². The third-order valence-corrected chi connectivity index (χ3v) is 5.46. The molecule has 0 unspecified atom stereocenters. The van der Waals surface area contributed by atoms with Crippen LogP contribution >= 0.6 is 0 Å². The molecule has 1 fully saturated rings. The number of carbonyl (C=O) groups excluding carboxylic acids is 3. The van der Waals surface area contributed by atoms with E-state index in [1.54, 1.807) is 0 Å². The fourth-order valence-corrected chi connectivity index (χ4v) is 4.21. The summed E-state index contributed by atoms with van der Waals surface area (Å²) in [7, 11) is 2.54. The number of hydrogen-bond donors (Lipinski definition) is 0. The zero-order valence-corrected chi connectivity index (χ0v) is 14.0. The van der Waals surface area contributed by atoms with Crippen LogP contribution in [0.15, 0.2) is 35.9 Å². The van der Waals surface area contributed by atoms with Gasteiger partial charge in [-0.05, 0) is 23.8 Å². The van der Waals surface area contributed by atoms with E-state index in [1.807, 2.05) is 37.3 Å². The zero-order chi connectivity index (χ0) is 17.5. The standard InChI is InChI=1S/C19H20O5/c1-11-13-9-15(20)16(12-7-5-4-6-8-12)14(13)10-19(11,17(21)23-2)18(22)24-3/h4-8,11,13H,9-10H2,1-3H3/t11-,13-/m1/s1. The number of allylic oxidation sites excluding steroid dienone is 2. The molecule has 24 heavy (non-hydrogen) atoms. The topological polar surface area (TPSA) is 69.7 Å².